The van der Waals surface area contributed by atoms with E-state index < -0.39 is 0 Å². The van der Waals surface area contributed by atoms with Gasteiger partial charge in [-0.3, -0.25) is 4.79 Å². The van der Waals surface area contributed by atoms with Crippen LogP contribution in [0.5, 0.6) is 0 Å². The highest BCUT2D eigenvalue weighted by Gasteiger charge is 2.34. The highest BCUT2D eigenvalue weighted by molar-refractivity contribution is 7.13. The van der Waals surface area contributed by atoms with Crippen LogP contribution in [0.1, 0.15) is 40.4 Å². The van der Waals surface area contributed by atoms with Crippen LogP contribution < -0.4 is 0 Å². The lowest BCUT2D eigenvalue weighted by atomic mass is 10.1. The Morgan fingerprint density at radius 1 is 1.41 bits per heavy atom. The Balaban J connectivity index is 1.77. The monoisotopic (exact) mass is 383 g/mol. The van der Waals surface area contributed by atoms with Crippen LogP contribution in [0.2, 0.25) is 0 Å². The molecule has 1 saturated carbocycles. The lowest BCUT2D eigenvalue weighted by Crippen LogP contribution is -2.30. The highest BCUT2D eigenvalue weighted by Crippen LogP contribution is 2.42. The van der Waals surface area contributed by atoms with Crippen molar-refractivity contribution < 1.29 is 9.90 Å². The molecule has 8 heteroatoms. The van der Waals surface area contributed by atoms with E-state index in [1.165, 1.54) is 4.90 Å². The maximum atomic E-state index is 12.8. The predicted octanol–water partition coefficient (Wildman–Crippen LogP) is 2.64. The summed E-state index contributed by atoms with van der Waals surface area (Å²) >= 11 is 1.63. The Morgan fingerprint density at radius 3 is 2.89 bits per heavy atom. The third kappa shape index (κ3) is 3.38. The first-order chi connectivity index (χ1) is 13.1. The van der Waals surface area contributed by atoms with Crippen molar-refractivity contribution in [2.45, 2.75) is 25.7 Å². The molecule has 3 aromatic rings. The largest absolute Gasteiger partial charge is 0.395 e. The molecule has 7 nitrogen and oxygen atoms in total. The number of likely N-dealkylation sites (N-methyl/N-ethyl adjacent to an activating group) is 1. The van der Waals surface area contributed by atoms with Gasteiger partial charge in [0.15, 0.2) is 0 Å². The number of aliphatic hydroxyl groups excluding tert-OH is 1. The summed E-state index contributed by atoms with van der Waals surface area (Å²) in [5, 5.41) is 15.6. The van der Waals surface area contributed by atoms with Gasteiger partial charge in [-0.2, -0.15) is 5.10 Å². The maximum absolute atomic E-state index is 12.8. The van der Waals surface area contributed by atoms with Crippen molar-refractivity contribution >= 4 is 17.2 Å². The summed E-state index contributed by atoms with van der Waals surface area (Å²) in [6.07, 6.45) is 5.45. The Hall–Kier alpha value is -2.58. The Morgan fingerprint density at radius 2 is 2.22 bits per heavy atom. The van der Waals surface area contributed by atoms with Gasteiger partial charge in [0, 0.05) is 25.7 Å². The number of hydrogen-bond acceptors (Lipinski definition) is 6. The van der Waals surface area contributed by atoms with Crippen LogP contribution >= 0.6 is 11.3 Å². The molecule has 1 aliphatic rings. The van der Waals surface area contributed by atoms with E-state index >= 15 is 0 Å². The van der Waals surface area contributed by atoms with Crippen LogP contribution in [-0.2, 0) is 0 Å². The average Bonchev–Trinajstić information content (AvgIpc) is 3.19. The minimum absolute atomic E-state index is 0.0691. The summed E-state index contributed by atoms with van der Waals surface area (Å²) in [5.41, 5.74) is 3.32. The standard InChI is InChI=1S/C19H21N5O2S/c1-12-10-20-19(22-16(12)15-4-3-9-27-15)24-17(13-5-6-13)14(11-21-24)18(26)23(2)7-8-25/h3-4,9-11,13,25H,5-8H2,1-2H3. The Bertz CT molecular complexity index is 963. The smallest absolute Gasteiger partial charge is 0.257 e. The second-order valence-electron chi connectivity index (χ2n) is 6.76. The van der Waals surface area contributed by atoms with Crippen LogP contribution in [0.15, 0.2) is 29.9 Å². The fourth-order valence-electron chi connectivity index (χ4n) is 3.09. The van der Waals surface area contributed by atoms with Gasteiger partial charge in [0.25, 0.3) is 11.9 Å². The lowest BCUT2D eigenvalue weighted by molar-refractivity contribution is 0.0765. The zero-order chi connectivity index (χ0) is 19.0. The third-order valence-electron chi connectivity index (χ3n) is 4.69. The quantitative estimate of drug-likeness (QED) is 0.707. The molecule has 1 N–H and O–H groups in total. The number of nitrogens with zero attached hydrogens (tertiary/aromatic N) is 5. The highest BCUT2D eigenvalue weighted by atomic mass is 32.1. The minimum Gasteiger partial charge on any atom is -0.395 e. The molecule has 0 radical (unpaired) electrons. The fraction of sp³-hybridized carbons (Fsp3) is 0.368. The molecular weight excluding hydrogens is 362 g/mol. The number of carbonyl (C=O) groups is 1. The summed E-state index contributed by atoms with van der Waals surface area (Å²) < 4.78 is 1.70. The first-order valence-corrected chi connectivity index (χ1v) is 9.80. The molecule has 1 amide bonds. The number of amides is 1. The van der Waals surface area contributed by atoms with Crippen molar-refractivity contribution in [1.29, 1.82) is 0 Å². The number of aromatic nitrogens is 4. The summed E-state index contributed by atoms with van der Waals surface area (Å²) in [6, 6.07) is 4.03. The summed E-state index contributed by atoms with van der Waals surface area (Å²) in [5.74, 6) is 0.640. The second-order valence-corrected chi connectivity index (χ2v) is 7.71. The van der Waals surface area contributed by atoms with Crippen molar-refractivity contribution in [3.8, 4) is 16.5 Å². The van der Waals surface area contributed by atoms with Gasteiger partial charge in [-0.1, -0.05) is 6.07 Å². The van der Waals surface area contributed by atoms with E-state index in [0.29, 0.717) is 17.4 Å². The Labute approximate surface area is 161 Å². The van der Waals surface area contributed by atoms with E-state index in [1.54, 1.807) is 35.5 Å². The van der Waals surface area contributed by atoms with Crippen molar-refractivity contribution in [3.63, 3.8) is 0 Å². The topological polar surface area (TPSA) is 84.1 Å². The summed E-state index contributed by atoms with van der Waals surface area (Å²) in [7, 11) is 1.68. The molecule has 0 bridgehead atoms. The SMILES string of the molecule is Cc1cnc(-n2ncc(C(=O)N(C)CCO)c2C2CC2)nc1-c1cccs1. The molecular formula is C19H21N5O2S. The minimum atomic E-state index is -0.136. The van der Waals surface area contributed by atoms with Crippen molar-refractivity contribution in [2.75, 3.05) is 20.2 Å². The number of aryl methyl sites for hydroxylation is 1. The summed E-state index contributed by atoms with van der Waals surface area (Å²) in [6.45, 7) is 2.21. The average molecular weight is 383 g/mol. The molecule has 0 saturated heterocycles. The van der Waals surface area contributed by atoms with Crippen molar-refractivity contribution in [2.24, 2.45) is 0 Å². The molecule has 0 unspecified atom stereocenters. The van der Waals surface area contributed by atoms with E-state index in [0.717, 1.165) is 34.7 Å². The van der Waals surface area contributed by atoms with E-state index in [9.17, 15) is 4.79 Å². The van der Waals surface area contributed by atoms with Gasteiger partial charge in [-0.05, 0) is 36.8 Å². The second kappa shape index (κ2) is 7.21. The van der Waals surface area contributed by atoms with E-state index in [-0.39, 0.29) is 19.1 Å². The normalized spacial score (nSPS) is 13.7. The molecule has 0 aliphatic heterocycles. The first kappa shape index (κ1) is 17.8. The number of thiophene rings is 1. The molecule has 3 heterocycles. The van der Waals surface area contributed by atoms with Crippen LogP contribution in [0.3, 0.4) is 0 Å². The number of rotatable bonds is 6. The predicted molar refractivity (Wildman–Crippen MR) is 103 cm³/mol. The fourth-order valence-corrected chi connectivity index (χ4v) is 3.87. The van der Waals surface area contributed by atoms with Gasteiger partial charge in [-0.15, -0.1) is 11.3 Å². The van der Waals surface area contributed by atoms with Gasteiger partial charge in [0.2, 0.25) is 0 Å². The van der Waals surface area contributed by atoms with Crippen molar-refractivity contribution in [3.05, 3.63) is 46.7 Å². The zero-order valence-corrected chi connectivity index (χ0v) is 16.1. The van der Waals surface area contributed by atoms with Crippen LogP contribution in [0.4, 0.5) is 0 Å². The molecule has 27 heavy (non-hydrogen) atoms. The molecule has 0 spiro atoms. The van der Waals surface area contributed by atoms with Gasteiger partial charge < -0.3 is 10.0 Å². The Kier molecular flexibility index (Phi) is 4.75. The molecule has 0 atom stereocenters. The van der Waals surface area contributed by atoms with E-state index in [4.69, 9.17) is 10.1 Å². The first-order valence-electron chi connectivity index (χ1n) is 8.92. The molecule has 140 valence electrons. The van der Waals surface area contributed by atoms with Crippen LogP contribution in [0, 0.1) is 6.92 Å². The van der Waals surface area contributed by atoms with Crippen LogP contribution in [0.25, 0.3) is 16.5 Å². The molecule has 1 aliphatic carbocycles. The molecule has 0 aromatic carbocycles. The van der Waals surface area contributed by atoms with Gasteiger partial charge >= 0.3 is 0 Å². The van der Waals surface area contributed by atoms with Gasteiger partial charge in [-0.25, -0.2) is 14.6 Å². The van der Waals surface area contributed by atoms with E-state index in [2.05, 4.69) is 10.1 Å². The van der Waals surface area contributed by atoms with Crippen molar-refractivity contribution in [1.82, 2.24) is 24.6 Å². The van der Waals surface area contributed by atoms with Gasteiger partial charge in [0.05, 0.1) is 34.6 Å². The maximum Gasteiger partial charge on any atom is 0.257 e. The molecule has 3 aromatic heterocycles. The lowest BCUT2D eigenvalue weighted by Gasteiger charge is -2.16. The molecule has 1 fully saturated rings. The summed E-state index contributed by atoms with van der Waals surface area (Å²) in [4.78, 5) is 24.6. The van der Waals surface area contributed by atoms with Crippen LogP contribution in [-0.4, -0.2) is 55.9 Å². The van der Waals surface area contributed by atoms with E-state index in [1.807, 2.05) is 24.4 Å². The number of hydrogen-bond donors (Lipinski definition) is 1. The number of aliphatic hydroxyl groups is 1. The zero-order valence-electron chi connectivity index (χ0n) is 15.3. The third-order valence-corrected chi connectivity index (χ3v) is 5.56. The van der Waals surface area contributed by atoms with Gasteiger partial charge in [0.1, 0.15) is 0 Å². The molecule has 4 rings (SSSR count). The number of carbonyl (C=O) groups excluding carboxylic acids is 1.